The third kappa shape index (κ3) is 2.84. The van der Waals surface area contributed by atoms with Gasteiger partial charge in [-0.25, -0.2) is 0 Å². The Bertz CT molecular complexity index is 507. The quantitative estimate of drug-likeness (QED) is 0.761. The van der Waals surface area contributed by atoms with Crippen molar-refractivity contribution < 1.29 is 0 Å². The molecule has 1 aromatic heterocycles. The second-order valence-electron chi connectivity index (χ2n) is 3.29. The molecule has 0 atom stereocenters. The van der Waals surface area contributed by atoms with Crippen LogP contribution in [0.1, 0.15) is 11.1 Å². The molecule has 0 N–H and O–H groups in total. The van der Waals surface area contributed by atoms with E-state index in [4.69, 9.17) is 23.2 Å². The van der Waals surface area contributed by atoms with E-state index in [1.165, 1.54) is 0 Å². The number of aromatic nitrogens is 1. The molecule has 1 aromatic carbocycles. The monoisotopic (exact) mass is 249 g/mol. The van der Waals surface area contributed by atoms with Gasteiger partial charge in [0.1, 0.15) is 0 Å². The molecular formula is C13H9Cl2N. The fourth-order valence-electron chi connectivity index (χ4n) is 1.28. The number of halogens is 2. The van der Waals surface area contributed by atoms with Crippen LogP contribution in [0.2, 0.25) is 10.0 Å². The first-order valence-corrected chi connectivity index (χ1v) is 5.54. The first kappa shape index (κ1) is 11.2. The number of benzene rings is 1. The molecule has 2 rings (SSSR count). The van der Waals surface area contributed by atoms with Gasteiger partial charge in [0.2, 0.25) is 0 Å². The highest BCUT2D eigenvalue weighted by molar-refractivity contribution is 6.42. The molecule has 0 radical (unpaired) electrons. The van der Waals surface area contributed by atoms with E-state index >= 15 is 0 Å². The van der Waals surface area contributed by atoms with Crippen molar-refractivity contribution in [1.29, 1.82) is 0 Å². The number of hydrogen-bond donors (Lipinski definition) is 0. The molecule has 80 valence electrons. The number of pyridine rings is 1. The van der Waals surface area contributed by atoms with Crippen molar-refractivity contribution in [3.05, 3.63) is 63.9 Å². The molecule has 0 spiro atoms. The van der Waals surface area contributed by atoms with Gasteiger partial charge in [-0.05, 0) is 35.4 Å². The van der Waals surface area contributed by atoms with E-state index < -0.39 is 0 Å². The van der Waals surface area contributed by atoms with Gasteiger partial charge in [0.15, 0.2) is 0 Å². The van der Waals surface area contributed by atoms with Crippen molar-refractivity contribution in [3.8, 4) is 0 Å². The second kappa shape index (κ2) is 5.15. The third-order valence-electron chi connectivity index (χ3n) is 2.12. The average molecular weight is 250 g/mol. The summed E-state index contributed by atoms with van der Waals surface area (Å²) in [6.45, 7) is 0. The largest absolute Gasteiger partial charge is 0.265 e. The first-order chi connectivity index (χ1) is 7.75. The molecule has 0 amide bonds. The van der Waals surface area contributed by atoms with Gasteiger partial charge in [0.05, 0.1) is 10.0 Å². The summed E-state index contributed by atoms with van der Waals surface area (Å²) >= 11 is 11.8. The van der Waals surface area contributed by atoms with Crippen LogP contribution >= 0.6 is 23.2 Å². The lowest BCUT2D eigenvalue weighted by molar-refractivity contribution is 1.32. The molecule has 0 aliphatic carbocycles. The summed E-state index contributed by atoms with van der Waals surface area (Å²) < 4.78 is 0. The van der Waals surface area contributed by atoms with Crippen LogP contribution in [-0.4, -0.2) is 4.98 Å². The van der Waals surface area contributed by atoms with E-state index in [9.17, 15) is 0 Å². The predicted molar refractivity (Wildman–Crippen MR) is 69.6 cm³/mol. The first-order valence-electron chi connectivity index (χ1n) is 4.79. The van der Waals surface area contributed by atoms with E-state index in [1.54, 1.807) is 18.5 Å². The molecule has 3 heteroatoms. The molecule has 0 saturated carbocycles. The Morgan fingerprint density at radius 2 is 1.50 bits per heavy atom. The molecule has 0 unspecified atom stereocenters. The van der Waals surface area contributed by atoms with E-state index in [2.05, 4.69) is 4.98 Å². The lowest BCUT2D eigenvalue weighted by Crippen LogP contribution is -1.75. The Kier molecular flexibility index (Phi) is 3.60. The second-order valence-corrected chi connectivity index (χ2v) is 4.10. The minimum atomic E-state index is 0.568. The zero-order valence-electron chi connectivity index (χ0n) is 8.40. The molecule has 0 bridgehead atoms. The lowest BCUT2D eigenvalue weighted by Gasteiger charge is -1.97. The van der Waals surface area contributed by atoms with Crippen LogP contribution in [0.3, 0.4) is 0 Å². The zero-order valence-corrected chi connectivity index (χ0v) is 9.91. The highest BCUT2D eigenvalue weighted by Crippen LogP contribution is 2.23. The average Bonchev–Trinajstić information content (AvgIpc) is 2.32. The Morgan fingerprint density at radius 3 is 2.19 bits per heavy atom. The minimum Gasteiger partial charge on any atom is -0.265 e. The fraction of sp³-hybridized carbons (Fsp3) is 0. The molecule has 16 heavy (non-hydrogen) atoms. The van der Waals surface area contributed by atoms with Gasteiger partial charge in [-0.2, -0.15) is 0 Å². The van der Waals surface area contributed by atoms with Crippen LogP contribution in [0, 0.1) is 0 Å². The summed E-state index contributed by atoms with van der Waals surface area (Å²) in [6.07, 6.45) is 7.50. The van der Waals surface area contributed by atoms with Crippen molar-refractivity contribution in [2.24, 2.45) is 0 Å². The Labute approximate surface area is 104 Å². The summed E-state index contributed by atoms with van der Waals surface area (Å²) in [6, 6.07) is 9.42. The molecule has 0 aliphatic rings. The van der Waals surface area contributed by atoms with Crippen LogP contribution < -0.4 is 0 Å². The maximum atomic E-state index is 5.92. The summed E-state index contributed by atoms with van der Waals surface area (Å²) in [5.74, 6) is 0. The van der Waals surface area contributed by atoms with Crippen molar-refractivity contribution in [3.63, 3.8) is 0 Å². The Morgan fingerprint density at radius 1 is 0.812 bits per heavy atom. The molecule has 0 saturated heterocycles. The van der Waals surface area contributed by atoms with Crippen LogP contribution in [0.15, 0.2) is 42.7 Å². The molecular weight excluding hydrogens is 241 g/mol. The zero-order chi connectivity index (χ0) is 11.4. The van der Waals surface area contributed by atoms with Crippen molar-refractivity contribution in [2.75, 3.05) is 0 Å². The van der Waals surface area contributed by atoms with Crippen molar-refractivity contribution in [1.82, 2.24) is 4.98 Å². The van der Waals surface area contributed by atoms with Gasteiger partial charge < -0.3 is 0 Å². The molecule has 1 nitrogen and oxygen atoms in total. The summed E-state index contributed by atoms with van der Waals surface area (Å²) in [7, 11) is 0. The number of rotatable bonds is 2. The topological polar surface area (TPSA) is 12.9 Å². The van der Waals surface area contributed by atoms with Gasteiger partial charge in [-0.3, -0.25) is 4.98 Å². The van der Waals surface area contributed by atoms with Crippen LogP contribution in [-0.2, 0) is 0 Å². The molecule has 2 aromatic rings. The van der Waals surface area contributed by atoms with Crippen molar-refractivity contribution in [2.45, 2.75) is 0 Å². The fourth-order valence-corrected chi connectivity index (χ4v) is 1.59. The van der Waals surface area contributed by atoms with E-state index in [1.807, 2.05) is 36.4 Å². The van der Waals surface area contributed by atoms with Crippen molar-refractivity contribution >= 4 is 35.4 Å². The third-order valence-corrected chi connectivity index (χ3v) is 2.86. The maximum Gasteiger partial charge on any atom is 0.0598 e. The minimum absolute atomic E-state index is 0.568. The summed E-state index contributed by atoms with van der Waals surface area (Å²) in [5.41, 5.74) is 2.12. The van der Waals surface area contributed by atoms with Crippen LogP contribution in [0.5, 0.6) is 0 Å². The normalized spacial score (nSPS) is 10.9. The standard InChI is InChI=1S/C13H9Cl2N/c14-12-4-3-11(9-13(12)15)2-1-10-5-7-16-8-6-10/h1-9H. The summed E-state index contributed by atoms with van der Waals surface area (Å²) in [5, 5.41) is 1.14. The van der Waals surface area contributed by atoms with E-state index in [0.29, 0.717) is 10.0 Å². The molecule has 0 fully saturated rings. The van der Waals surface area contributed by atoms with Crippen LogP contribution in [0.25, 0.3) is 12.2 Å². The smallest absolute Gasteiger partial charge is 0.0598 e. The van der Waals surface area contributed by atoms with Gasteiger partial charge >= 0.3 is 0 Å². The Balaban J connectivity index is 2.21. The number of hydrogen-bond acceptors (Lipinski definition) is 1. The van der Waals surface area contributed by atoms with Crippen LogP contribution in [0.4, 0.5) is 0 Å². The van der Waals surface area contributed by atoms with E-state index in [-0.39, 0.29) is 0 Å². The van der Waals surface area contributed by atoms with Gasteiger partial charge in [0, 0.05) is 12.4 Å². The summed E-state index contributed by atoms with van der Waals surface area (Å²) in [4.78, 5) is 3.95. The van der Waals surface area contributed by atoms with Gasteiger partial charge in [-0.15, -0.1) is 0 Å². The number of nitrogens with zero attached hydrogens (tertiary/aromatic N) is 1. The SMILES string of the molecule is Clc1ccc(C=Cc2ccncc2)cc1Cl. The molecule has 1 heterocycles. The highest BCUT2D eigenvalue weighted by atomic mass is 35.5. The molecule has 0 aliphatic heterocycles. The predicted octanol–water partition coefficient (Wildman–Crippen LogP) is 4.56. The van der Waals surface area contributed by atoms with Gasteiger partial charge in [0.25, 0.3) is 0 Å². The lowest BCUT2D eigenvalue weighted by atomic mass is 10.1. The highest BCUT2D eigenvalue weighted by Gasteiger charge is 1.96. The van der Waals surface area contributed by atoms with Gasteiger partial charge in [-0.1, -0.05) is 41.4 Å². The maximum absolute atomic E-state index is 5.92. The Hall–Kier alpha value is -1.31. The van der Waals surface area contributed by atoms with E-state index in [0.717, 1.165) is 11.1 Å².